The van der Waals surface area contributed by atoms with Gasteiger partial charge >= 0.3 is 0 Å². The smallest absolute Gasteiger partial charge is 0.0664 e. The Morgan fingerprint density at radius 1 is 1.31 bits per heavy atom. The van der Waals surface area contributed by atoms with Gasteiger partial charge in [-0.25, -0.2) is 0 Å². The lowest BCUT2D eigenvalue weighted by Crippen LogP contribution is -2.47. The van der Waals surface area contributed by atoms with E-state index in [-0.39, 0.29) is 6.10 Å². The number of rotatable bonds is 6. The Morgan fingerprint density at radius 2 is 2.00 bits per heavy atom. The standard InChI is InChI=1S/C13H28N2O/c1-3-12(16)10-15(4-2)13-8-6-5-7-11(13)9-14/h11-13,16H,3-10,14H2,1-2H3. The number of likely N-dealkylation sites (N-methyl/N-ethyl adjacent to an activating group) is 1. The Bertz CT molecular complexity index is 187. The van der Waals surface area contributed by atoms with Crippen molar-refractivity contribution in [3.63, 3.8) is 0 Å². The van der Waals surface area contributed by atoms with Crippen LogP contribution in [-0.2, 0) is 0 Å². The van der Waals surface area contributed by atoms with Gasteiger partial charge in [0.2, 0.25) is 0 Å². The molecule has 96 valence electrons. The zero-order valence-corrected chi connectivity index (χ0v) is 10.9. The van der Waals surface area contributed by atoms with Gasteiger partial charge in [0, 0.05) is 12.6 Å². The Balaban J connectivity index is 2.54. The molecule has 3 nitrogen and oxygen atoms in total. The van der Waals surface area contributed by atoms with E-state index in [0.717, 1.165) is 26.1 Å². The Kier molecular flexibility index (Phi) is 6.32. The molecule has 0 heterocycles. The molecule has 1 aliphatic rings. The van der Waals surface area contributed by atoms with Crippen LogP contribution in [0.4, 0.5) is 0 Å². The van der Waals surface area contributed by atoms with E-state index < -0.39 is 0 Å². The van der Waals surface area contributed by atoms with Crippen LogP contribution in [0, 0.1) is 5.92 Å². The monoisotopic (exact) mass is 228 g/mol. The summed E-state index contributed by atoms with van der Waals surface area (Å²) < 4.78 is 0. The van der Waals surface area contributed by atoms with Crippen molar-refractivity contribution in [3.8, 4) is 0 Å². The molecule has 0 saturated heterocycles. The number of nitrogens with two attached hydrogens (primary N) is 1. The van der Waals surface area contributed by atoms with E-state index in [1.165, 1.54) is 25.7 Å². The molecule has 0 bridgehead atoms. The van der Waals surface area contributed by atoms with Crippen molar-refractivity contribution < 1.29 is 5.11 Å². The number of nitrogens with zero attached hydrogens (tertiary/aromatic N) is 1. The number of hydrogen-bond donors (Lipinski definition) is 2. The lowest BCUT2D eigenvalue weighted by molar-refractivity contribution is 0.0523. The van der Waals surface area contributed by atoms with E-state index in [1.807, 2.05) is 6.92 Å². The SMILES string of the molecule is CCC(O)CN(CC)C1CCCCC1CN. The summed E-state index contributed by atoms with van der Waals surface area (Å²) in [6.07, 6.45) is 5.83. The topological polar surface area (TPSA) is 49.5 Å². The number of hydrogen-bond acceptors (Lipinski definition) is 3. The minimum atomic E-state index is -0.180. The molecule has 3 N–H and O–H groups in total. The molecular formula is C13H28N2O. The summed E-state index contributed by atoms with van der Waals surface area (Å²) in [6.45, 7) is 6.86. The van der Waals surface area contributed by atoms with Crippen LogP contribution in [0.2, 0.25) is 0 Å². The molecule has 1 fully saturated rings. The molecule has 0 radical (unpaired) electrons. The van der Waals surface area contributed by atoms with Crippen LogP contribution in [0.25, 0.3) is 0 Å². The van der Waals surface area contributed by atoms with Crippen molar-refractivity contribution in [1.29, 1.82) is 0 Å². The maximum atomic E-state index is 9.78. The van der Waals surface area contributed by atoms with E-state index in [4.69, 9.17) is 5.73 Å². The van der Waals surface area contributed by atoms with Crippen molar-refractivity contribution >= 4 is 0 Å². The molecule has 0 spiro atoms. The summed E-state index contributed by atoms with van der Waals surface area (Å²) in [4.78, 5) is 2.44. The first-order valence-corrected chi connectivity index (χ1v) is 6.85. The highest BCUT2D eigenvalue weighted by atomic mass is 16.3. The predicted octanol–water partition coefficient (Wildman–Crippen LogP) is 1.60. The largest absolute Gasteiger partial charge is 0.392 e. The highest BCUT2D eigenvalue weighted by Crippen LogP contribution is 2.27. The maximum Gasteiger partial charge on any atom is 0.0664 e. The molecule has 0 amide bonds. The summed E-state index contributed by atoms with van der Waals surface area (Å²) in [5.41, 5.74) is 5.86. The Morgan fingerprint density at radius 3 is 2.56 bits per heavy atom. The lowest BCUT2D eigenvalue weighted by Gasteiger charge is -2.40. The summed E-state index contributed by atoms with van der Waals surface area (Å²) in [7, 11) is 0. The second-order valence-electron chi connectivity index (χ2n) is 5.00. The fourth-order valence-corrected chi connectivity index (χ4v) is 2.84. The molecule has 1 rings (SSSR count). The molecular weight excluding hydrogens is 200 g/mol. The van der Waals surface area contributed by atoms with E-state index in [9.17, 15) is 5.11 Å². The van der Waals surface area contributed by atoms with Crippen molar-refractivity contribution in [1.82, 2.24) is 4.90 Å². The van der Waals surface area contributed by atoms with Gasteiger partial charge < -0.3 is 10.8 Å². The molecule has 0 aromatic rings. The first-order valence-electron chi connectivity index (χ1n) is 6.85. The molecule has 1 aliphatic carbocycles. The molecule has 16 heavy (non-hydrogen) atoms. The third-order valence-electron chi connectivity index (χ3n) is 3.96. The van der Waals surface area contributed by atoms with Crippen LogP contribution in [0.15, 0.2) is 0 Å². The average molecular weight is 228 g/mol. The quantitative estimate of drug-likeness (QED) is 0.726. The fraction of sp³-hybridized carbons (Fsp3) is 1.00. The Hall–Kier alpha value is -0.120. The van der Waals surface area contributed by atoms with E-state index >= 15 is 0 Å². The molecule has 0 aromatic carbocycles. The minimum absolute atomic E-state index is 0.180. The van der Waals surface area contributed by atoms with Crippen molar-refractivity contribution in [3.05, 3.63) is 0 Å². The Labute approximate surface area is 100 Å². The first kappa shape index (κ1) is 13.9. The highest BCUT2D eigenvalue weighted by Gasteiger charge is 2.29. The maximum absolute atomic E-state index is 9.78. The summed E-state index contributed by atoms with van der Waals surface area (Å²) in [5, 5.41) is 9.78. The van der Waals surface area contributed by atoms with Crippen LogP contribution in [-0.4, -0.2) is 41.8 Å². The summed E-state index contributed by atoms with van der Waals surface area (Å²) in [5.74, 6) is 0.637. The zero-order chi connectivity index (χ0) is 12.0. The van der Waals surface area contributed by atoms with Crippen LogP contribution >= 0.6 is 0 Å². The average Bonchev–Trinajstić information content (AvgIpc) is 2.35. The number of aliphatic hydroxyl groups is 1. The van der Waals surface area contributed by atoms with Gasteiger partial charge in [-0.15, -0.1) is 0 Å². The van der Waals surface area contributed by atoms with Crippen LogP contribution in [0.3, 0.4) is 0 Å². The zero-order valence-electron chi connectivity index (χ0n) is 10.9. The third kappa shape index (κ3) is 3.72. The fourth-order valence-electron chi connectivity index (χ4n) is 2.84. The van der Waals surface area contributed by atoms with E-state index in [1.54, 1.807) is 0 Å². The van der Waals surface area contributed by atoms with E-state index in [0.29, 0.717) is 12.0 Å². The van der Waals surface area contributed by atoms with Gasteiger partial charge in [-0.1, -0.05) is 26.7 Å². The van der Waals surface area contributed by atoms with Crippen LogP contribution < -0.4 is 5.73 Å². The highest BCUT2D eigenvalue weighted by molar-refractivity contribution is 4.84. The molecule has 0 aromatic heterocycles. The first-order chi connectivity index (χ1) is 7.72. The van der Waals surface area contributed by atoms with Gasteiger partial charge in [-0.3, -0.25) is 4.90 Å². The van der Waals surface area contributed by atoms with Crippen LogP contribution in [0.1, 0.15) is 46.0 Å². The summed E-state index contributed by atoms with van der Waals surface area (Å²) in [6, 6.07) is 0.602. The normalized spacial score (nSPS) is 28.3. The number of aliphatic hydroxyl groups excluding tert-OH is 1. The predicted molar refractivity (Wildman–Crippen MR) is 68.3 cm³/mol. The molecule has 1 saturated carbocycles. The van der Waals surface area contributed by atoms with Gasteiger partial charge in [0.25, 0.3) is 0 Å². The minimum Gasteiger partial charge on any atom is -0.392 e. The second kappa shape index (κ2) is 7.25. The van der Waals surface area contributed by atoms with Gasteiger partial charge in [0.1, 0.15) is 0 Å². The van der Waals surface area contributed by atoms with Crippen molar-refractivity contribution in [2.45, 2.75) is 58.1 Å². The van der Waals surface area contributed by atoms with Gasteiger partial charge in [-0.05, 0) is 38.3 Å². The van der Waals surface area contributed by atoms with Crippen molar-refractivity contribution in [2.75, 3.05) is 19.6 Å². The second-order valence-corrected chi connectivity index (χ2v) is 5.00. The molecule has 3 atom stereocenters. The molecule has 0 aliphatic heterocycles. The van der Waals surface area contributed by atoms with Gasteiger partial charge in [0.05, 0.1) is 6.10 Å². The van der Waals surface area contributed by atoms with Crippen molar-refractivity contribution in [2.24, 2.45) is 11.7 Å². The van der Waals surface area contributed by atoms with Crippen LogP contribution in [0.5, 0.6) is 0 Å². The van der Waals surface area contributed by atoms with Gasteiger partial charge in [-0.2, -0.15) is 0 Å². The summed E-state index contributed by atoms with van der Waals surface area (Å²) >= 11 is 0. The lowest BCUT2D eigenvalue weighted by atomic mass is 9.83. The third-order valence-corrected chi connectivity index (χ3v) is 3.96. The molecule has 3 heteroatoms. The van der Waals surface area contributed by atoms with E-state index in [2.05, 4.69) is 11.8 Å². The van der Waals surface area contributed by atoms with Gasteiger partial charge in [0.15, 0.2) is 0 Å². The molecule has 3 unspecified atom stereocenters.